The first-order valence-electron chi connectivity index (χ1n) is 27.6. The van der Waals surface area contributed by atoms with Gasteiger partial charge < -0.3 is 59.6 Å². The van der Waals surface area contributed by atoms with Crippen molar-refractivity contribution >= 4 is 71.3 Å². The molecular weight excluding hydrogens is 1090 g/mol. The van der Waals surface area contributed by atoms with Crippen molar-refractivity contribution in [1.82, 2.24) is 60.0 Å². The molecule has 3 aromatic carbocycles. The highest BCUT2D eigenvalue weighted by molar-refractivity contribution is 6.11. The molecule has 0 bridgehead atoms. The first-order valence-corrected chi connectivity index (χ1v) is 27.6. The van der Waals surface area contributed by atoms with Crippen molar-refractivity contribution in [3.05, 3.63) is 108 Å². The van der Waals surface area contributed by atoms with Gasteiger partial charge in [-0.3, -0.25) is 57.9 Å². The third kappa shape index (κ3) is 11.0. The third-order valence-corrected chi connectivity index (χ3v) is 16.8. The van der Waals surface area contributed by atoms with E-state index in [9.17, 15) is 28.8 Å². The molecule has 7 heterocycles. The summed E-state index contributed by atoms with van der Waals surface area (Å²) in [5.74, 6) is -7.58. The second-order valence-corrected chi connectivity index (χ2v) is 22.1. The van der Waals surface area contributed by atoms with Gasteiger partial charge in [0.15, 0.2) is 0 Å². The lowest BCUT2D eigenvalue weighted by atomic mass is 9.95. The SMILES string of the molecule is COCCN1CC(=O)N2C[C@]3(C[C@H]2C(=O)N(CCOC)CC(=O)N2C[C@]4(C[C@H]2C(=O)N(CCOC)CC(=O)N2C[C@]5(C[C@H]2C1=O)NC(=O)N(Cc1ccccc1)C5=O)NC(=O)N(Cc1ccccc1)C4=O)NC(=O)N(Cc1ccccc1)C3=O. The van der Waals surface area contributed by atoms with E-state index in [4.69, 9.17) is 14.2 Å². The van der Waals surface area contributed by atoms with Crippen LogP contribution in [0.3, 0.4) is 0 Å². The van der Waals surface area contributed by atoms with E-state index in [0.717, 1.165) is 44.1 Å². The number of carbonyl (C=O) groups excluding carboxylic acids is 12. The highest BCUT2D eigenvalue weighted by Gasteiger charge is 2.64. The monoisotopic (exact) mass is 1160 g/mol. The van der Waals surface area contributed by atoms with E-state index in [2.05, 4.69) is 16.0 Å². The molecule has 6 atom stereocenters. The number of benzene rings is 3. The van der Waals surface area contributed by atoms with E-state index in [1.807, 2.05) is 0 Å². The van der Waals surface area contributed by atoms with Crippen LogP contribution in [0.4, 0.5) is 14.4 Å². The van der Waals surface area contributed by atoms with E-state index in [1.54, 1.807) is 91.0 Å². The molecule has 0 radical (unpaired) electrons. The number of fused-ring (bicyclic) bond motifs is 3. The zero-order chi connectivity index (χ0) is 59.7. The Labute approximate surface area is 483 Å². The highest BCUT2D eigenvalue weighted by atomic mass is 16.5. The normalized spacial score (nSPS) is 27.0. The fraction of sp³-hybridized carbons (Fsp3) is 0.474. The fourth-order valence-electron chi connectivity index (χ4n) is 12.5. The maximum Gasteiger partial charge on any atom is 0.325 e. The smallest absolute Gasteiger partial charge is 0.325 e. The van der Waals surface area contributed by atoms with Crippen molar-refractivity contribution in [2.45, 2.75) is 73.6 Å². The molecule has 7 saturated heterocycles. The van der Waals surface area contributed by atoms with Crippen LogP contribution in [0.1, 0.15) is 36.0 Å². The number of rotatable bonds is 15. The summed E-state index contributed by atoms with van der Waals surface area (Å²) in [7, 11) is 4.05. The standard InChI is InChI=1S/C57H66N12O15/c1-82-22-19-61-31-43(70)68-35-56(50(77)65(53(80)59-56)29-38-15-9-5-10-16-38)26-41(68)47(74)63(21-24-84-3)33-45(72)69-36-57(51(78)66(54(81)60-57)30-39-17-11-6-12-18-39)27-42(69)48(75)62(20-23-83-2)32-44(71)67-34-55(25-40(67)46(61)73)49(76)64(52(79)58-55)28-37-13-7-4-8-14-37/h4-18,40-42H,19-36H2,1-3H3,(H,58,79)(H,59,80)(H,60,81)/t40-,41-,42-,55-,56-,57-/m0/s1. The summed E-state index contributed by atoms with van der Waals surface area (Å²) in [6, 6.07) is 18.7. The Morgan fingerprint density at radius 2 is 0.643 bits per heavy atom. The van der Waals surface area contributed by atoms with Gasteiger partial charge in [0.1, 0.15) is 34.7 Å². The summed E-state index contributed by atoms with van der Waals surface area (Å²) in [6.45, 7) is -6.02. The molecular formula is C57H66N12O15. The molecule has 3 aromatic rings. The zero-order valence-electron chi connectivity index (χ0n) is 46.8. The van der Waals surface area contributed by atoms with Crippen molar-refractivity contribution in [2.75, 3.05) is 100 Å². The van der Waals surface area contributed by atoms with E-state index < -0.39 is 165 Å². The van der Waals surface area contributed by atoms with Gasteiger partial charge >= 0.3 is 18.1 Å². The van der Waals surface area contributed by atoms with Crippen molar-refractivity contribution in [3.8, 4) is 0 Å². The largest absolute Gasteiger partial charge is 0.383 e. The molecule has 27 nitrogen and oxygen atoms in total. The number of methoxy groups -OCH3 is 3. The second kappa shape index (κ2) is 23.8. The van der Waals surface area contributed by atoms with Crippen LogP contribution in [0.5, 0.6) is 0 Å². The van der Waals surface area contributed by atoms with Gasteiger partial charge in [0.25, 0.3) is 17.7 Å². The molecule has 7 fully saturated rings. The molecule has 0 aliphatic carbocycles. The van der Waals surface area contributed by atoms with E-state index >= 15 is 28.8 Å². The quantitative estimate of drug-likeness (QED) is 0.149. The predicted molar refractivity (Wildman–Crippen MR) is 290 cm³/mol. The molecule has 27 heteroatoms. The molecule has 0 aromatic heterocycles. The topological polar surface area (TPSA) is 298 Å². The van der Waals surface area contributed by atoms with Crippen LogP contribution in [-0.4, -0.2) is 250 Å². The summed E-state index contributed by atoms with van der Waals surface area (Å²) in [6.07, 6.45) is -1.48. The van der Waals surface area contributed by atoms with Gasteiger partial charge in [0.05, 0.1) is 78.7 Å². The lowest BCUT2D eigenvalue weighted by molar-refractivity contribution is -0.154. The van der Waals surface area contributed by atoms with Crippen molar-refractivity contribution in [1.29, 1.82) is 0 Å². The average Bonchev–Trinajstić information content (AvgIpc) is 1.99. The Bertz CT molecular complexity index is 2810. The van der Waals surface area contributed by atoms with Crippen LogP contribution in [0, 0.1) is 0 Å². The van der Waals surface area contributed by atoms with Crippen LogP contribution >= 0.6 is 0 Å². The molecule has 3 N–H and O–H groups in total. The molecule has 0 saturated carbocycles. The molecule has 15 amide bonds. The van der Waals surface area contributed by atoms with Crippen molar-refractivity contribution < 1.29 is 71.7 Å². The minimum atomic E-state index is -1.90. The number of hydrogen-bond donors (Lipinski definition) is 3. The predicted octanol–water partition coefficient (Wildman–Crippen LogP) is -1.30. The van der Waals surface area contributed by atoms with Crippen LogP contribution in [0.25, 0.3) is 0 Å². The average molecular weight is 1160 g/mol. The number of hydrogen-bond acceptors (Lipinski definition) is 15. The fourth-order valence-corrected chi connectivity index (χ4v) is 12.5. The molecule has 7 aliphatic heterocycles. The number of urea groups is 3. The number of nitrogens with one attached hydrogen (secondary N) is 3. The van der Waals surface area contributed by atoms with E-state index in [0.29, 0.717) is 16.7 Å². The summed E-state index contributed by atoms with van der Waals surface area (Å²) < 4.78 is 16.2. The third-order valence-electron chi connectivity index (χ3n) is 16.8. The first kappa shape index (κ1) is 58.4. The second-order valence-electron chi connectivity index (χ2n) is 22.1. The summed E-state index contributed by atoms with van der Waals surface area (Å²) in [4.78, 5) is 187. The number of ether oxygens (including phenoxy) is 3. The van der Waals surface area contributed by atoms with Gasteiger partial charge in [-0.1, -0.05) is 91.0 Å². The number of carbonyl (C=O) groups is 12. The van der Waals surface area contributed by atoms with Gasteiger partial charge in [-0.05, 0) is 16.7 Å². The lowest BCUT2D eigenvalue weighted by Gasteiger charge is -2.35. The highest BCUT2D eigenvalue weighted by Crippen LogP contribution is 2.39. The van der Waals surface area contributed by atoms with Gasteiger partial charge in [-0.15, -0.1) is 0 Å². The number of nitrogens with zero attached hydrogens (tertiary/aromatic N) is 9. The summed E-state index contributed by atoms with van der Waals surface area (Å²) in [5.41, 5.74) is -3.89. The summed E-state index contributed by atoms with van der Waals surface area (Å²) >= 11 is 0. The van der Waals surface area contributed by atoms with Gasteiger partial charge in [-0.2, -0.15) is 0 Å². The van der Waals surface area contributed by atoms with Crippen molar-refractivity contribution in [3.63, 3.8) is 0 Å². The minimum absolute atomic E-state index is 0.161. The molecule has 3 spiro atoms. The Hall–Kier alpha value is -8.82. The molecule has 10 rings (SSSR count). The molecule has 84 heavy (non-hydrogen) atoms. The Morgan fingerprint density at radius 1 is 0.393 bits per heavy atom. The minimum Gasteiger partial charge on any atom is -0.383 e. The molecule has 444 valence electrons. The molecule has 7 aliphatic rings. The van der Waals surface area contributed by atoms with Crippen LogP contribution in [-0.2, 0) is 77.0 Å². The summed E-state index contributed by atoms with van der Waals surface area (Å²) in [5, 5.41) is 8.25. The Kier molecular flexibility index (Phi) is 16.5. The van der Waals surface area contributed by atoms with E-state index in [1.165, 1.54) is 21.3 Å². The van der Waals surface area contributed by atoms with Gasteiger partial charge in [0, 0.05) is 60.2 Å². The zero-order valence-corrected chi connectivity index (χ0v) is 46.8. The Balaban J connectivity index is 1.07. The van der Waals surface area contributed by atoms with Crippen LogP contribution in [0.2, 0.25) is 0 Å². The van der Waals surface area contributed by atoms with Crippen LogP contribution in [0.15, 0.2) is 91.0 Å². The van der Waals surface area contributed by atoms with Gasteiger partial charge in [0.2, 0.25) is 35.4 Å². The maximum absolute atomic E-state index is 15.5. The van der Waals surface area contributed by atoms with Crippen molar-refractivity contribution in [2.24, 2.45) is 0 Å². The lowest BCUT2D eigenvalue weighted by Crippen LogP contribution is -2.58. The number of imide groups is 3. The van der Waals surface area contributed by atoms with Gasteiger partial charge in [-0.25, -0.2) is 14.4 Å². The maximum atomic E-state index is 15.5. The number of amides is 15. The molecule has 0 unspecified atom stereocenters. The van der Waals surface area contributed by atoms with E-state index in [-0.39, 0.29) is 59.1 Å². The Morgan fingerprint density at radius 3 is 0.881 bits per heavy atom. The first-order chi connectivity index (χ1) is 40.3. The van der Waals surface area contributed by atoms with Crippen LogP contribution < -0.4 is 16.0 Å².